The first-order valence-electron chi connectivity index (χ1n) is 4.51. The molecule has 3 rings (SSSR count). The molecule has 0 radical (unpaired) electrons. The van der Waals surface area contributed by atoms with Gasteiger partial charge in [-0.2, -0.15) is 16.8 Å². The van der Waals surface area contributed by atoms with E-state index in [4.69, 9.17) is 17.5 Å². The van der Waals surface area contributed by atoms with Crippen LogP contribution in [-0.4, -0.2) is 25.6 Å². The number of nitrogens with zero attached hydrogens (tertiary/aromatic N) is 7. The molecule has 1 atom stereocenters. The monoisotopic (exact) mass is 236 g/mol. The predicted molar refractivity (Wildman–Crippen MR) is 57.2 cm³/mol. The fraction of sp³-hybridized carbons (Fsp3) is 0. The first-order chi connectivity index (χ1) is 8.03. The quantitative estimate of drug-likeness (QED) is 0.260. The summed E-state index contributed by atoms with van der Waals surface area (Å²) in [6, 6.07) is 1.43. The molecular formula is C6H8N10O. The fourth-order valence-electron chi connectivity index (χ4n) is 1.67. The summed E-state index contributed by atoms with van der Waals surface area (Å²) in [5.41, 5.74) is 0.358. The lowest BCUT2D eigenvalue weighted by Gasteiger charge is -2.45. The SMILES string of the molecule is NN1c2nnnc3nccc(c23)[N+](N)([O-])N1N. The molecule has 0 aromatic carbocycles. The average Bonchev–Trinajstić information content (AvgIpc) is 2.34. The highest BCUT2D eigenvalue weighted by molar-refractivity contribution is 5.97. The van der Waals surface area contributed by atoms with Gasteiger partial charge in [-0.3, -0.25) is 0 Å². The molecule has 0 spiro atoms. The highest BCUT2D eigenvalue weighted by atomic mass is 16.7. The Morgan fingerprint density at radius 2 is 2.06 bits per heavy atom. The largest absolute Gasteiger partial charge is 0.584 e. The van der Waals surface area contributed by atoms with E-state index in [0.29, 0.717) is 10.6 Å². The van der Waals surface area contributed by atoms with E-state index in [0.717, 1.165) is 5.12 Å². The molecule has 88 valence electrons. The number of quaternary nitrogens is 1. The van der Waals surface area contributed by atoms with E-state index in [2.05, 4.69) is 20.4 Å². The van der Waals surface area contributed by atoms with E-state index in [1.165, 1.54) is 12.3 Å². The van der Waals surface area contributed by atoms with Crippen LogP contribution in [0.15, 0.2) is 12.3 Å². The topological polar surface area (TPSA) is 159 Å². The van der Waals surface area contributed by atoms with Crippen molar-refractivity contribution in [2.45, 2.75) is 0 Å². The summed E-state index contributed by atoms with van der Waals surface area (Å²) in [6.45, 7) is 0. The minimum Gasteiger partial charge on any atom is -0.584 e. The summed E-state index contributed by atoms with van der Waals surface area (Å²) in [7, 11) is 0. The lowest BCUT2D eigenvalue weighted by molar-refractivity contribution is 0.00830. The standard InChI is InChI=1S/C6H8N10O/c7-14-6-4-3(16(9,17)15(14)8)1-2-10-5(4)11-13-12-6/h1-2H,7-9H2. The van der Waals surface area contributed by atoms with Crippen molar-refractivity contribution < 1.29 is 0 Å². The number of aromatic nitrogens is 4. The third kappa shape index (κ3) is 1.14. The Hall–Kier alpha value is -2.02. The van der Waals surface area contributed by atoms with E-state index in [-0.39, 0.29) is 17.2 Å². The molecule has 3 heterocycles. The van der Waals surface area contributed by atoms with Gasteiger partial charge in [0.25, 0.3) is 0 Å². The molecule has 6 N–H and O–H groups in total. The third-order valence-corrected chi connectivity index (χ3v) is 2.50. The van der Waals surface area contributed by atoms with Crippen molar-refractivity contribution in [3.05, 3.63) is 17.5 Å². The molecule has 0 saturated carbocycles. The van der Waals surface area contributed by atoms with Gasteiger partial charge in [0.2, 0.25) is 5.82 Å². The second-order valence-electron chi connectivity index (χ2n) is 3.43. The van der Waals surface area contributed by atoms with Gasteiger partial charge in [0.1, 0.15) is 5.39 Å². The molecule has 11 nitrogen and oxygen atoms in total. The Morgan fingerprint density at radius 3 is 2.82 bits per heavy atom. The van der Waals surface area contributed by atoms with Gasteiger partial charge in [-0.1, -0.05) is 0 Å². The molecule has 0 amide bonds. The molecule has 0 fully saturated rings. The summed E-state index contributed by atoms with van der Waals surface area (Å²) in [5.74, 6) is 16.8. The van der Waals surface area contributed by atoms with Crippen LogP contribution >= 0.6 is 0 Å². The van der Waals surface area contributed by atoms with Crippen LogP contribution in [0.25, 0.3) is 11.0 Å². The normalized spacial score (nSPS) is 24.4. The zero-order valence-corrected chi connectivity index (χ0v) is 8.43. The number of nitrogens with two attached hydrogens (primary N) is 3. The molecule has 0 aliphatic carbocycles. The van der Waals surface area contributed by atoms with Crippen LogP contribution in [0.1, 0.15) is 0 Å². The molecule has 1 aliphatic rings. The van der Waals surface area contributed by atoms with Crippen LogP contribution in [0.5, 0.6) is 0 Å². The molecule has 2 aromatic rings. The van der Waals surface area contributed by atoms with E-state index in [9.17, 15) is 5.21 Å². The minimum atomic E-state index is -1.50. The number of hydrogen-bond acceptors (Lipinski definition) is 10. The molecule has 1 unspecified atom stereocenters. The van der Waals surface area contributed by atoms with Crippen LogP contribution in [0.4, 0.5) is 11.5 Å². The van der Waals surface area contributed by atoms with Gasteiger partial charge in [0.15, 0.2) is 11.3 Å². The molecule has 0 saturated heterocycles. The lowest BCUT2D eigenvalue weighted by Crippen LogP contribution is -2.75. The molecule has 0 bridgehead atoms. The van der Waals surface area contributed by atoms with Gasteiger partial charge in [-0.25, -0.2) is 10.8 Å². The molecule has 11 heteroatoms. The van der Waals surface area contributed by atoms with Crippen molar-refractivity contribution in [3.8, 4) is 0 Å². The van der Waals surface area contributed by atoms with E-state index in [1.54, 1.807) is 0 Å². The van der Waals surface area contributed by atoms with E-state index < -0.39 is 4.86 Å². The van der Waals surface area contributed by atoms with Crippen molar-refractivity contribution in [1.29, 1.82) is 0 Å². The van der Waals surface area contributed by atoms with Crippen LogP contribution in [0.2, 0.25) is 0 Å². The van der Waals surface area contributed by atoms with Gasteiger partial charge < -0.3 is 5.21 Å². The third-order valence-electron chi connectivity index (χ3n) is 2.50. The van der Waals surface area contributed by atoms with Crippen molar-refractivity contribution >= 4 is 22.5 Å². The summed E-state index contributed by atoms with van der Waals surface area (Å²) < 4.78 is 0. The van der Waals surface area contributed by atoms with Crippen molar-refractivity contribution in [1.82, 2.24) is 30.5 Å². The number of hydrogen-bond donors (Lipinski definition) is 3. The zero-order valence-electron chi connectivity index (χ0n) is 8.43. The second-order valence-corrected chi connectivity index (χ2v) is 3.43. The maximum atomic E-state index is 12.2. The fourth-order valence-corrected chi connectivity index (χ4v) is 1.67. The number of rotatable bonds is 0. The first-order valence-corrected chi connectivity index (χ1v) is 4.51. The van der Waals surface area contributed by atoms with E-state index in [1.807, 2.05) is 0 Å². The van der Waals surface area contributed by atoms with E-state index >= 15 is 0 Å². The Bertz CT molecular complexity index is 593. The van der Waals surface area contributed by atoms with Gasteiger partial charge in [0, 0.05) is 12.3 Å². The number of pyridine rings is 1. The summed E-state index contributed by atoms with van der Waals surface area (Å²) in [6.07, 6.45) is 1.38. The Balaban J connectivity index is 2.47. The Morgan fingerprint density at radius 1 is 1.29 bits per heavy atom. The maximum Gasteiger partial charge on any atom is 0.206 e. The van der Waals surface area contributed by atoms with Gasteiger partial charge >= 0.3 is 0 Å². The maximum absolute atomic E-state index is 12.2. The number of anilines is 1. The van der Waals surface area contributed by atoms with Crippen LogP contribution < -0.4 is 27.5 Å². The Kier molecular flexibility index (Phi) is 1.80. The number of hydrazine groups is 3. The van der Waals surface area contributed by atoms with Crippen molar-refractivity contribution in [3.63, 3.8) is 0 Å². The summed E-state index contributed by atoms with van der Waals surface area (Å²) in [5, 5.41) is 24.7. The summed E-state index contributed by atoms with van der Waals surface area (Å²) >= 11 is 0. The van der Waals surface area contributed by atoms with Gasteiger partial charge in [-0.05, 0) is 5.21 Å². The minimum absolute atomic E-state index is 0.136. The molecule has 2 aromatic heterocycles. The highest BCUT2D eigenvalue weighted by Crippen LogP contribution is 2.36. The van der Waals surface area contributed by atoms with Gasteiger partial charge in [-0.15, -0.1) is 15.1 Å². The van der Waals surface area contributed by atoms with Crippen LogP contribution in [0.3, 0.4) is 0 Å². The second kappa shape index (κ2) is 3.01. The lowest BCUT2D eigenvalue weighted by atomic mass is 10.2. The summed E-state index contributed by atoms with van der Waals surface area (Å²) in [4.78, 5) is 2.45. The molecule has 17 heavy (non-hydrogen) atoms. The predicted octanol–water partition coefficient (Wildman–Crippen LogP) is -2.20. The zero-order chi connectivity index (χ0) is 12.2. The van der Waals surface area contributed by atoms with Crippen molar-refractivity contribution in [2.75, 3.05) is 5.12 Å². The molecular weight excluding hydrogens is 228 g/mol. The van der Waals surface area contributed by atoms with Gasteiger partial charge in [0.05, 0.1) is 5.23 Å². The average molecular weight is 236 g/mol. The highest BCUT2D eigenvalue weighted by Gasteiger charge is 2.39. The van der Waals surface area contributed by atoms with Crippen LogP contribution in [0, 0.1) is 5.21 Å². The first kappa shape index (κ1) is 10.2. The van der Waals surface area contributed by atoms with Crippen LogP contribution in [-0.2, 0) is 0 Å². The molecule has 1 aliphatic heterocycles. The van der Waals surface area contributed by atoms with Crippen molar-refractivity contribution in [2.24, 2.45) is 17.5 Å². The Labute approximate surface area is 94.0 Å². The smallest absolute Gasteiger partial charge is 0.206 e.